The van der Waals surface area contributed by atoms with Gasteiger partial charge in [0.1, 0.15) is 23.2 Å². The largest absolute Gasteiger partial charge is 0.543 e. The Morgan fingerprint density at radius 1 is 0.972 bits per heavy atom. The lowest BCUT2D eigenvalue weighted by atomic mass is 9.88. The molecule has 2 aromatic carbocycles. The van der Waals surface area contributed by atoms with E-state index in [2.05, 4.69) is 61.6 Å². The predicted octanol–water partition coefficient (Wildman–Crippen LogP) is 8.34. The molecule has 1 fully saturated rings. The van der Waals surface area contributed by atoms with Gasteiger partial charge in [-0.05, 0) is 106 Å². The summed E-state index contributed by atoms with van der Waals surface area (Å²) < 4.78 is 19.3. The maximum atomic E-state index is 12.7. The first-order valence-electron chi connectivity index (χ1n) is 13.6. The monoisotopic (exact) mass is 508 g/mol. The van der Waals surface area contributed by atoms with E-state index < -0.39 is 13.9 Å². The average Bonchev–Trinajstić information content (AvgIpc) is 3.20. The molecule has 36 heavy (non-hydrogen) atoms. The second kappa shape index (κ2) is 9.55. The Morgan fingerprint density at radius 3 is 2.17 bits per heavy atom. The standard InChI is InChI=1S/C31H44O4Si/c1-20-21(2)28-26(22(3)27(20)35-36(8,9)30(4,5)6)19-31(7,34-28)24-17-15-23(16-18-24)29(32)33-25-13-11-10-12-14-25/h15-18,25H,10-14,19H2,1-9H3. The molecule has 1 unspecified atom stereocenters. The fraction of sp³-hybridized carbons (Fsp3) is 0.581. The summed E-state index contributed by atoms with van der Waals surface area (Å²) in [6.45, 7) is 20.0. The second-order valence-corrected chi connectivity index (χ2v) is 17.4. The summed E-state index contributed by atoms with van der Waals surface area (Å²) in [5, 5.41) is 0.129. The van der Waals surface area contributed by atoms with Crippen LogP contribution in [0, 0.1) is 20.8 Å². The predicted molar refractivity (Wildman–Crippen MR) is 149 cm³/mol. The maximum absolute atomic E-state index is 12.7. The lowest BCUT2D eigenvalue weighted by Crippen LogP contribution is -2.44. The van der Waals surface area contributed by atoms with Crippen LogP contribution >= 0.6 is 0 Å². The molecule has 2 aromatic rings. The Kier molecular flexibility index (Phi) is 7.11. The van der Waals surface area contributed by atoms with Crippen molar-refractivity contribution < 1.29 is 18.7 Å². The number of carbonyl (C=O) groups is 1. The second-order valence-electron chi connectivity index (χ2n) is 12.6. The van der Waals surface area contributed by atoms with Crippen molar-refractivity contribution in [1.29, 1.82) is 0 Å². The molecule has 0 saturated heterocycles. The fourth-order valence-electron chi connectivity index (χ4n) is 5.19. The topological polar surface area (TPSA) is 44.8 Å². The highest BCUT2D eigenvalue weighted by Gasteiger charge is 2.43. The summed E-state index contributed by atoms with van der Waals surface area (Å²) in [5.74, 6) is 1.80. The van der Waals surface area contributed by atoms with Crippen LogP contribution in [-0.2, 0) is 16.8 Å². The minimum atomic E-state index is -1.98. The number of rotatable bonds is 5. The molecule has 5 heteroatoms. The molecule has 1 aliphatic heterocycles. The van der Waals surface area contributed by atoms with Crippen molar-refractivity contribution >= 4 is 14.3 Å². The zero-order chi connectivity index (χ0) is 26.5. The van der Waals surface area contributed by atoms with Crippen LogP contribution in [0.4, 0.5) is 0 Å². The first-order chi connectivity index (χ1) is 16.7. The molecular weight excluding hydrogens is 464 g/mol. The Morgan fingerprint density at radius 2 is 1.58 bits per heavy atom. The smallest absolute Gasteiger partial charge is 0.338 e. The Hall–Kier alpha value is -2.27. The van der Waals surface area contributed by atoms with Crippen LogP contribution in [0.15, 0.2) is 24.3 Å². The third-order valence-corrected chi connectivity index (χ3v) is 13.2. The normalized spacial score (nSPS) is 20.6. The molecule has 0 bridgehead atoms. The van der Waals surface area contributed by atoms with Crippen molar-refractivity contribution in [1.82, 2.24) is 0 Å². The van der Waals surface area contributed by atoms with Crippen LogP contribution in [0.25, 0.3) is 0 Å². The Labute approximate surface area is 218 Å². The minimum absolute atomic E-state index is 0.0630. The first kappa shape index (κ1) is 26.8. The van der Waals surface area contributed by atoms with E-state index in [1.807, 2.05) is 24.3 Å². The Bertz CT molecular complexity index is 1140. The Balaban J connectivity index is 1.57. The highest BCUT2D eigenvalue weighted by atomic mass is 28.4. The number of hydrogen-bond acceptors (Lipinski definition) is 4. The number of ether oxygens (including phenoxy) is 2. The van der Waals surface area contributed by atoms with Gasteiger partial charge in [0, 0.05) is 12.0 Å². The molecule has 1 aliphatic carbocycles. The van der Waals surface area contributed by atoms with Gasteiger partial charge >= 0.3 is 5.97 Å². The molecule has 1 saturated carbocycles. The van der Waals surface area contributed by atoms with E-state index >= 15 is 0 Å². The molecule has 0 radical (unpaired) electrons. The van der Waals surface area contributed by atoms with E-state index in [1.54, 1.807) is 0 Å². The third-order valence-electron chi connectivity index (χ3n) is 8.87. The van der Waals surface area contributed by atoms with Crippen molar-refractivity contribution in [2.75, 3.05) is 0 Å². The minimum Gasteiger partial charge on any atom is -0.543 e. The van der Waals surface area contributed by atoms with E-state index in [9.17, 15) is 4.79 Å². The van der Waals surface area contributed by atoms with E-state index in [-0.39, 0.29) is 17.1 Å². The zero-order valence-electron chi connectivity index (χ0n) is 23.8. The number of hydrogen-bond donors (Lipinski definition) is 0. The molecule has 0 N–H and O–H groups in total. The van der Waals surface area contributed by atoms with Crippen molar-refractivity contribution in [3.8, 4) is 11.5 Å². The third kappa shape index (κ3) is 4.96. The van der Waals surface area contributed by atoms with Gasteiger partial charge in [0.15, 0.2) is 0 Å². The van der Waals surface area contributed by atoms with Crippen molar-refractivity contribution in [2.45, 2.75) is 117 Å². The van der Waals surface area contributed by atoms with Gasteiger partial charge in [-0.25, -0.2) is 4.79 Å². The van der Waals surface area contributed by atoms with E-state index in [4.69, 9.17) is 13.9 Å². The molecule has 0 spiro atoms. The summed E-state index contributed by atoms with van der Waals surface area (Å²) >= 11 is 0. The first-order valence-corrected chi connectivity index (χ1v) is 16.5. The van der Waals surface area contributed by atoms with Gasteiger partial charge in [-0.3, -0.25) is 0 Å². The summed E-state index contributed by atoms with van der Waals surface area (Å²) in [7, 11) is -1.98. The SMILES string of the molecule is Cc1c(C)c2c(c(C)c1O[Si](C)(C)C(C)(C)C)CC(C)(c1ccc(C(=O)OC3CCCCC3)cc1)O2. The lowest BCUT2D eigenvalue weighted by Gasteiger charge is -2.38. The van der Waals surface area contributed by atoms with Crippen LogP contribution < -0.4 is 9.16 Å². The van der Waals surface area contributed by atoms with E-state index in [1.165, 1.54) is 23.1 Å². The van der Waals surface area contributed by atoms with Gasteiger partial charge < -0.3 is 13.9 Å². The van der Waals surface area contributed by atoms with Crippen molar-refractivity contribution in [2.24, 2.45) is 0 Å². The van der Waals surface area contributed by atoms with Gasteiger partial charge in [-0.15, -0.1) is 0 Å². The van der Waals surface area contributed by atoms with Crippen LogP contribution in [0.2, 0.25) is 18.1 Å². The summed E-state index contributed by atoms with van der Waals surface area (Å²) in [4.78, 5) is 12.7. The van der Waals surface area contributed by atoms with Crippen LogP contribution in [0.5, 0.6) is 11.5 Å². The molecule has 4 nitrogen and oxygen atoms in total. The number of esters is 1. The molecule has 0 aromatic heterocycles. The molecule has 2 aliphatic rings. The van der Waals surface area contributed by atoms with Crippen molar-refractivity contribution in [3.05, 3.63) is 57.6 Å². The fourth-order valence-corrected chi connectivity index (χ4v) is 6.31. The average molecular weight is 509 g/mol. The summed E-state index contributed by atoms with van der Waals surface area (Å²) in [6.07, 6.45) is 6.33. The van der Waals surface area contributed by atoms with Gasteiger partial charge in [0.2, 0.25) is 0 Å². The van der Waals surface area contributed by atoms with E-state index in [0.717, 1.165) is 54.7 Å². The molecule has 1 heterocycles. The number of carbonyl (C=O) groups excluding carboxylic acids is 1. The molecule has 4 rings (SSSR count). The quantitative estimate of drug-likeness (QED) is 0.301. The van der Waals surface area contributed by atoms with Crippen molar-refractivity contribution in [3.63, 3.8) is 0 Å². The highest BCUT2D eigenvalue weighted by molar-refractivity contribution is 6.74. The zero-order valence-corrected chi connectivity index (χ0v) is 24.8. The molecule has 1 atom stereocenters. The maximum Gasteiger partial charge on any atom is 0.338 e. The van der Waals surface area contributed by atoms with Gasteiger partial charge in [-0.1, -0.05) is 39.3 Å². The van der Waals surface area contributed by atoms with Gasteiger partial charge in [0.05, 0.1) is 5.56 Å². The molecule has 0 amide bonds. The summed E-state index contributed by atoms with van der Waals surface area (Å²) in [6, 6.07) is 7.81. The van der Waals surface area contributed by atoms with E-state index in [0.29, 0.717) is 5.56 Å². The summed E-state index contributed by atoms with van der Waals surface area (Å²) in [5.41, 5.74) is 5.92. The van der Waals surface area contributed by atoms with Gasteiger partial charge in [-0.2, -0.15) is 0 Å². The van der Waals surface area contributed by atoms with Crippen LogP contribution in [0.1, 0.15) is 98.0 Å². The lowest BCUT2D eigenvalue weighted by molar-refractivity contribution is 0.0211. The number of benzene rings is 2. The molecular formula is C31H44O4Si. The van der Waals surface area contributed by atoms with Crippen LogP contribution in [-0.4, -0.2) is 20.4 Å². The molecule has 196 valence electrons. The highest BCUT2D eigenvalue weighted by Crippen LogP contribution is 2.50. The number of fused-ring (bicyclic) bond motifs is 1. The van der Waals surface area contributed by atoms with Crippen LogP contribution in [0.3, 0.4) is 0 Å². The van der Waals surface area contributed by atoms with Gasteiger partial charge in [0.25, 0.3) is 8.32 Å².